The maximum absolute atomic E-state index is 11.7. The Morgan fingerprint density at radius 2 is 1.76 bits per heavy atom. The molecule has 150 valence electrons. The number of fused-ring (bicyclic) bond motifs is 1. The molecule has 0 amide bonds. The van der Waals surface area contributed by atoms with E-state index in [4.69, 9.17) is 9.47 Å². The molecule has 1 saturated heterocycles. The molecule has 5 heteroatoms. The SMILES string of the molecule is COC(=O)c1cccc(COc2ccc3cccc(N4CCN(C)CC4)c3c2)c1. The summed E-state index contributed by atoms with van der Waals surface area (Å²) in [7, 11) is 3.56. The first kappa shape index (κ1) is 19.3. The topological polar surface area (TPSA) is 42.0 Å². The Hall–Kier alpha value is -3.05. The van der Waals surface area contributed by atoms with E-state index in [2.05, 4.69) is 47.2 Å². The number of carbonyl (C=O) groups is 1. The zero-order valence-electron chi connectivity index (χ0n) is 16.9. The van der Waals surface area contributed by atoms with Gasteiger partial charge in [0.2, 0.25) is 0 Å². The van der Waals surface area contributed by atoms with E-state index in [1.54, 1.807) is 6.07 Å². The Bertz CT molecular complexity index is 1010. The van der Waals surface area contributed by atoms with E-state index < -0.39 is 0 Å². The van der Waals surface area contributed by atoms with E-state index in [0.717, 1.165) is 37.5 Å². The summed E-state index contributed by atoms with van der Waals surface area (Å²) < 4.78 is 10.8. The molecule has 3 aromatic carbocycles. The Morgan fingerprint density at radius 3 is 2.55 bits per heavy atom. The molecule has 0 bridgehead atoms. The highest BCUT2D eigenvalue weighted by Crippen LogP contribution is 2.31. The van der Waals surface area contributed by atoms with Gasteiger partial charge in [-0.3, -0.25) is 0 Å². The first-order chi connectivity index (χ1) is 14.1. The lowest BCUT2D eigenvalue weighted by atomic mass is 10.1. The van der Waals surface area contributed by atoms with Gasteiger partial charge in [0.05, 0.1) is 12.7 Å². The molecule has 1 aliphatic heterocycles. The minimum absolute atomic E-state index is 0.339. The smallest absolute Gasteiger partial charge is 0.337 e. The van der Waals surface area contributed by atoms with E-state index in [1.807, 2.05) is 24.3 Å². The Kier molecular flexibility index (Phi) is 5.67. The molecule has 0 aliphatic carbocycles. The molecule has 0 unspecified atom stereocenters. The molecule has 0 spiro atoms. The van der Waals surface area contributed by atoms with E-state index in [-0.39, 0.29) is 5.97 Å². The van der Waals surface area contributed by atoms with Crippen LogP contribution in [0, 0.1) is 0 Å². The predicted molar refractivity (Wildman–Crippen MR) is 116 cm³/mol. The first-order valence-electron chi connectivity index (χ1n) is 9.90. The lowest BCUT2D eigenvalue weighted by molar-refractivity contribution is 0.0600. The highest BCUT2D eigenvalue weighted by atomic mass is 16.5. The Morgan fingerprint density at radius 1 is 0.966 bits per heavy atom. The fourth-order valence-electron chi connectivity index (χ4n) is 3.72. The molecule has 0 aromatic heterocycles. The summed E-state index contributed by atoms with van der Waals surface area (Å²) in [5.41, 5.74) is 2.72. The summed E-state index contributed by atoms with van der Waals surface area (Å²) in [6, 6.07) is 20.0. The van der Waals surface area contributed by atoms with Gasteiger partial charge in [-0.15, -0.1) is 0 Å². The monoisotopic (exact) mass is 390 g/mol. The molecule has 1 heterocycles. The maximum atomic E-state index is 11.7. The second kappa shape index (κ2) is 8.53. The third kappa shape index (κ3) is 4.35. The minimum Gasteiger partial charge on any atom is -0.489 e. The van der Waals surface area contributed by atoms with Gasteiger partial charge in [0.15, 0.2) is 0 Å². The quantitative estimate of drug-likeness (QED) is 0.617. The number of ether oxygens (including phenoxy) is 2. The number of hydrogen-bond donors (Lipinski definition) is 0. The lowest BCUT2D eigenvalue weighted by Gasteiger charge is -2.34. The molecular weight excluding hydrogens is 364 g/mol. The van der Waals surface area contributed by atoms with Crippen molar-refractivity contribution in [1.29, 1.82) is 0 Å². The number of carbonyl (C=O) groups excluding carboxylic acids is 1. The number of esters is 1. The van der Waals surface area contributed by atoms with Crippen LogP contribution in [0.4, 0.5) is 5.69 Å². The standard InChI is InChI=1S/C24H26N2O3/c1-25-11-13-26(14-12-25)23-8-4-6-19-9-10-21(16-22(19)23)29-17-18-5-3-7-20(15-18)24(27)28-2/h3-10,15-16H,11-14,17H2,1-2H3. The summed E-state index contributed by atoms with van der Waals surface area (Å²) in [6.07, 6.45) is 0. The predicted octanol–water partition coefficient (Wildman–Crippen LogP) is 3.96. The Balaban J connectivity index is 1.54. The van der Waals surface area contributed by atoms with E-state index in [1.165, 1.54) is 23.6 Å². The van der Waals surface area contributed by atoms with E-state index in [9.17, 15) is 4.79 Å². The normalized spacial score (nSPS) is 14.8. The summed E-state index contributed by atoms with van der Waals surface area (Å²) in [6.45, 7) is 4.60. The van der Waals surface area contributed by atoms with Gasteiger partial charge in [0.25, 0.3) is 0 Å². The number of benzene rings is 3. The number of likely N-dealkylation sites (N-methyl/N-ethyl adjacent to an activating group) is 1. The molecule has 1 aliphatic rings. The molecule has 3 aromatic rings. The van der Waals surface area contributed by atoms with Gasteiger partial charge in [-0.1, -0.05) is 30.3 Å². The summed E-state index contributed by atoms with van der Waals surface area (Å²) in [5, 5.41) is 2.42. The van der Waals surface area contributed by atoms with Gasteiger partial charge < -0.3 is 19.3 Å². The molecule has 4 rings (SSSR count). The van der Waals surface area contributed by atoms with Crippen LogP contribution in [-0.4, -0.2) is 51.2 Å². The maximum Gasteiger partial charge on any atom is 0.337 e. The molecule has 1 fully saturated rings. The highest BCUT2D eigenvalue weighted by molar-refractivity contribution is 5.95. The van der Waals surface area contributed by atoms with Crippen molar-refractivity contribution in [3.8, 4) is 5.75 Å². The van der Waals surface area contributed by atoms with E-state index in [0.29, 0.717) is 12.2 Å². The molecule has 0 radical (unpaired) electrons. The van der Waals surface area contributed by atoms with Crippen LogP contribution in [0.1, 0.15) is 15.9 Å². The molecular formula is C24H26N2O3. The average molecular weight is 390 g/mol. The van der Waals surface area contributed by atoms with Crippen molar-refractivity contribution >= 4 is 22.4 Å². The van der Waals surface area contributed by atoms with Crippen LogP contribution in [0.2, 0.25) is 0 Å². The second-order valence-electron chi connectivity index (χ2n) is 7.43. The zero-order valence-corrected chi connectivity index (χ0v) is 16.9. The molecule has 0 N–H and O–H groups in total. The second-order valence-corrected chi connectivity index (χ2v) is 7.43. The van der Waals surface area contributed by atoms with Gasteiger partial charge >= 0.3 is 5.97 Å². The molecule has 29 heavy (non-hydrogen) atoms. The summed E-state index contributed by atoms with van der Waals surface area (Å²) >= 11 is 0. The largest absolute Gasteiger partial charge is 0.489 e. The lowest BCUT2D eigenvalue weighted by Crippen LogP contribution is -2.44. The summed E-state index contributed by atoms with van der Waals surface area (Å²) in [4.78, 5) is 16.5. The van der Waals surface area contributed by atoms with Crippen LogP contribution in [-0.2, 0) is 11.3 Å². The van der Waals surface area contributed by atoms with Crippen molar-refractivity contribution in [2.24, 2.45) is 0 Å². The highest BCUT2D eigenvalue weighted by Gasteiger charge is 2.16. The van der Waals surface area contributed by atoms with Crippen LogP contribution in [0.25, 0.3) is 10.8 Å². The zero-order chi connectivity index (χ0) is 20.2. The number of anilines is 1. The molecule has 0 saturated carbocycles. The van der Waals surface area contributed by atoms with Crippen molar-refractivity contribution in [2.45, 2.75) is 6.61 Å². The summed E-state index contributed by atoms with van der Waals surface area (Å²) in [5.74, 6) is 0.483. The van der Waals surface area contributed by atoms with Crippen molar-refractivity contribution in [3.05, 3.63) is 71.8 Å². The number of nitrogens with zero attached hydrogens (tertiary/aromatic N) is 2. The fourth-order valence-corrected chi connectivity index (χ4v) is 3.72. The van der Waals surface area contributed by atoms with Crippen LogP contribution < -0.4 is 9.64 Å². The molecule has 5 nitrogen and oxygen atoms in total. The van der Waals surface area contributed by atoms with E-state index >= 15 is 0 Å². The number of methoxy groups -OCH3 is 1. The van der Waals surface area contributed by atoms with Gasteiger partial charge in [0, 0.05) is 37.3 Å². The van der Waals surface area contributed by atoms with Crippen molar-refractivity contribution in [3.63, 3.8) is 0 Å². The average Bonchev–Trinajstić information content (AvgIpc) is 2.77. The number of rotatable bonds is 5. The van der Waals surface area contributed by atoms with Gasteiger partial charge in [0.1, 0.15) is 12.4 Å². The minimum atomic E-state index is -0.339. The third-order valence-corrected chi connectivity index (χ3v) is 5.43. The van der Waals surface area contributed by atoms with Gasteiger partial charge in [-0.25, -0.2) is 4.79 Å². The Labute approximate surface area is 171 Å². The third-order valence-electron chi connectivity index (χ3n) is 5.43. The van der Waals surface area contributed by atoms with Gasteiger partial charge in [-0.2, -0.15) is 0 Å². The number of piperazine rings is 1. The van der Waals surface area contributed by atoms with Crippen LogP contribution in [0.3, 0.4) is 0 Å². The van der Waals surface area contributed by atoms with Crippen LogP contribution >= 0.6 is 0 Å². The number of hydrogen-bond acceptors (Lipinski definition) is 5. The molecule has 0 atom stereocenters. The first-order valence-corrected chi connectivity index (χ1v) is 9.90. The van der Waals surface area contributed by atoms with Crippen LogP contribution in [0.15, 0.2) is 60.7 Å². The van der Waals surface area contributed by atoms with Crippen molar-refractivity contribution < 1.29 is 14.3 Å². The van der Waals surface area contributed by atoms with Crippen LogP contribution in [0.5, 0.6) is 5.75 Å². The van der Waals surface area contributed by atoms with Crippen molar-refractivity contribution in [2.75, 3.05) is 45.2 Å². The van der Waals surface area contributed by atoms with Crippen molar-refractivity contribution in [1.82, 2.24) is 4.90 Å². The fraction of sp³-hybridized carbons (Fsp3) is 0.292. The van der Waals surface area contributed by atoms with Gasteiger partial charge in [-0.05, 0) is 48.3 Å².